The quantitative estimate of drug-likeness (QED) is 0.610. The van der Waals surface area contributed by atoms with Crippen molar-refractivity contribution in [1.29, 1.82) is 0 Å². The van der Waals surface area contributed by atoms with E-state index in [0.29, 0.717) is 0 Å². The van der Waals surface area contributed by atoms with E-state index in [1.54, 1.807) is 0 Å². The van der Waals surface area contributed by atoms with Crippen LogP contribution in [0.4, 0.5) is 0 Å². The van der Waals surface area contributed by atoms with E-state index < -0.39 is 0 Å². The first-order chi connectivity index (χ1) is 5.36. The van der Waals surface area contributed by atoms with E-state index >= 15 is 0 Å². The Balaban J connectivity index is 0.000000720. The van der Waals surface area contributed by atoms with Crippen LogP contribution in [0.2, 0.25) is 5.02 Å². The van der Waals surface area contributed by atoms with Gasteiger partial charge in [-0.1, -0.05) is 37.6 Å². The van der Waals surface area contributed by atoms with Gasteiger partial charge in [-0.2, -0.15) is 0 Å². The number of hydrogen-bond donors (Lipinski definition) is 0. The molecule has 2 rings (SSSR count). The van der Waals surface area contributed by atoms with E-state index in [1.807, 2.05) is 12.1 Å². The number of halogens is 1. The largest absolute Gasteiger partial charge is 0.0843 e. The van der Waals surface area contributed by atoms with Crippen molar-refractivity contribution in [3.8, 4) is 0 Å². The van der Waals surface area contributed by atoms with Gasteiger partial charge in [0, 0.05) is 5.02 Å². The molecule has 0 amide bonds. The van der Waals surface area contributed by atoms with Crippen LogP contribution in [-0.4, -0.2) is 0 Å². The van der Waals surface area contributed by atoms with Crippen molar-refractivity contribution in [2.45, 2.75) is 32.6 Å². The number of hydrogen-bond acceptors (Lipinski definition) is 0. The topological polar surface area (TPSA) is 0 Å². The number of rotatable bonds is 1. The molecule has 0 spiro atoms. The molecule has 1 aliphatic rings. The van der Waals surface area contributed by atoms with Gasteiger partial charge < -0.3 is 0 Å². The Morgan fingerprint density at radius 2 is 2.00 bits per heavy atom. The average Bonchev–Trinajstić information content (AvgIpc) is 1.83. The highest BCUT2D eigenvalue weighted by Crippen LogP contribution is 2.36. The molecule has 12 heavy (non-hydrogen) atoms. The lowest BCUT2D eigenvalue weighted by atomic mass is 9.80. The zero-order valence-corrected chi connectivity index (χ0v) is 7.14. The fourth-order valence-electron chi connectivity index (χ4n) is 1.50. The van der Waals surface area contributed by atoms with Crippen LogP contribution < -0.4 is 0 Å². The van der Waals surface area contributed by atoms with E-state index in [9.17, 15) is 0 Å². The van der Waals surface area contributed by atoms with Crippen molar-refractivity contribution >= 4 is 11.6 Å². The zero-order chi connectivity index (χ0) is 7.68. The smallest absolute Gasteiger partial charge is 0.0408 e. The molecule has 1 saturated carbocycles. The van der Waals surface area contributed by atoms with Crippen LogP contribution in [0.1, 0.15) is 38.2 Å². The molecule has 0 N–H and O–H groups in total. The first kappa shape index (κ1) is 9.60. The summed E-state index contributed by atoms with van der Waals surface area (Å²) in [6, 6.07) is 8.24. The first-order valence-corrected chi connectivity index (χ1v) is 4.49. The minimum atomic E-state index is 0. The van der Waals surface area contributed by atoms with Crippen LogP contribution in [0, 0.1) is 0 Å². The molecular weight excluding hydrogens is 168 g/mol. The first-order valence-electron chi connectivity index (χ1n) is 4.12. The molecule has 0 heterocycles. The predicted molar refractivity (Wildman–Crippen MR) is 54.8 cm³/mol. The van der Waals surface area contributed by atoms with Gasteiger partial charge in [0.05, 0.1) is 0 Å². The third kappa shape index (κ3) is 1.81. The predicted octanol–water partition coefficient (Wildman–Crippen LogP) is 4.24. The van der Waals surface area contributed by atoms with Crippen LogP contribution in [-0.2, 0) is 0 Å². The molecule has 1 fully saturated rings. The molecule has 0 radical (unpaired) electrons. The summed E-state index contributed by atoms with van der Waals surface area (Å²) < 4.78 is 0. The average molecular weight is 183 g/mol. The van der Waals surface area contributed by atoms with E-state index in [2.05, 4.69) is 12.1 Å². The summed E-state index contributed by atoms with van der Waals surface area (Å²) in [5.74, 6) is 0.800. The summed E-state index contributed by atoms with van der Waals surface area (Å²) in [7, 11) is 0. The lowest BCUT2D eigenvalue weighted by molar-refractivity contribution is 0.420. The molecule has 0 saturated heterocycles. The number of benzene rings is 1. The third-order valence-corrected chi connectivity index (χ3v) is 2.66. The third-order valence-electron chi connectivity index (χ3n) is 2.43. The van der Waals surface area contributed by atoms with Gasteiger partial charge in [0.1, 0.15) is 0 Å². The van der Waals surface area contributed by atoms with Crippen molar-refractivity contribution in [1.82, 2.24) is 0 Å². The van der Waals surface area contributed by atoms with Gasteiger partial charge in [0.15, 0.2) is 0 Å². The molecule has 0 aromatic heterocycles. The zero-order valence-electron chi connectivity index (χ0n) is 6.39. The molecule has 1 aromatic carbocycles. The van der Waals surface area contributed by atoms with E-state index in [-0.39, 0.29) is 7.43 Å². The van der Waals surface area contributed by atoms with E-state index in [4.69, 9.17) is 11.6 Å². The van der Waals surface area contributed by atoms with Crippen LogP contribution in [0.5, 0.6) is 0 Å². The molecule has 1 aromatic rings. The lowest BCUT2D eigenvalue weighted by Crippen LogP contribution is -2.08. The Hall–Kier alpha value is -0.490. The molecular formula is C11H15Cl. The summed E-state index contributed by atoms with van der Waals surface area (Å²) in [4.78, 5) is 0. The molecule has 0 unspecified atom stereocenters. The second-order valence-electron chi connectivity index (χ2n) is 3.18. The normalized spacial score (nSPS) is 16.4. The summed E-state index contributed by atoms with van der Waals surface area (Å²) >= 11 is 5.87. The summed E-state index contributed by atoms with van der Waals surface area (Å²) in [5.41, 5.74) is 1.42. The SMILES string of the molecule is C.Clc1cccc(C2CCC2)c1. The highest BCUT2D eigenvalue weighted by Gasteiger charge is 2.18. The maximum absolute atomic E-state index is 5.87. The highest BCUT2D eigenvalue weighted by molar-refractivity contribution is 6.30. The van der Waals surface area contributed by atoms with Crippen molar-refractivity contribution in [2.24, 2.45) is 0 Å². The maximum atomic E-state index is 5.87. The van der Waals surface area contributed by atoms with Crippen LogP contribution in [0.3, 0.4) is 0 Å². The summed E-state index contributed by atoms with van der Waals surface area (Å²) in [6.45, 7) is 0. The summed E-state index contributed by atoms with van der Waals surface area (Å²) in [5, 5.41) is 0.870. The van der Waals surface area contributed by atoms with Gasteiger partial charge in [0.2, 0.25) is 0 Å². The molecule has 66 valence electrons. The summed E-state index contributed by atoms with van der Waals surface area (Å²) in [6.07, 6.45) is 4.08. The maximum Gasteiger partial charge on any atom is 0.0408 e. The fourth-order valence-corrected chi connectivity index (χ4v) is 1.70. The van der Waals surface area contributed by atoms with Crippen molar-refractivity contribution in [3.63, 3.8) is 0 Å². The van der Waals surface area contributed by atoms with Gasteiger partial charge in [-0.15, -0.1) is 0 Å². The fraction of sp³-hybridized carbons (Fsp3) is 0.455. The molecule has 1 heteroatoms. The second kappa shape index (κ2) is 3.95. The molecule has 0 atom stereocenters. The van der Waals surface area contributed by atoms with Crippen molar-refractivity contribution < 1.29 is 0 Å². The van der Waals surface area contributed by atoms with Gasteiger partial charge in [-0.3, -0.25) is 0 Å². The van der Waals surface area contributed by atoms with Crippen LogP contribution >= 0.6 is 11.6 Å². The standard InChI is InChI=1S/C10H11Cl.CH4/c11-10-6-2-5-9(7-10)8-3-1-4-8;/h2,5-8H,1,3-4H2;1H4. The monoisotopic (exact) mass is 182 g/mol. The Morgan fingerprint density at radius 3 is 2.50 bits per heavy atom. The minimum absolute atomic E-state index is 0. The Morgan fingerprint density at radius 1 is 1.25 bits per heavy atom. The Kier molecular flexibility index (Phi) is 3.16. The van der Waals surface area contributed by atoms with Crippen LogP contribution in [0.15, 0.2) is 24.3 Å². The van der Waals surface area contributed by atoms with Gasteiger partial charge >= 0.3 is 0 Å². The van der Waals surface area contributed by atoms with Crippen molar-refractivity contribution in [2.75, 3.05) is 0 Å². The Labute approximate surface area is 79.6 Å². The molecule has 0 nitrogen and oxygen atoms in total. The molecule has 0 bridgehead atoms. The van der Waals surface area contributed by atoms with Gasteiger partial charge in [0.25, 0.3) is 0 Å². The lowest BCUT2D eigenvalue weighted by Gasteiger charge is -2.25. The second-order valence-corrected chi connectivity index (χ2v) is 3.62. The minimum Gasteiger partial charge on any atom is -0.0843 e. The molecule has 0 aliphatic heterocycles. The highest BCUT2D eigenvalue weighted by atomic mass is 35.5. The molecule has 1 aliphatic carbocycles. The van der Waals surface area contributed by atoms with Crippen LogP contribution in [0.25, 0.3) is 0 Å². The Bertz CT molecular complexity index is 251. The van der Waals surface area contributed by atoms with Crippen molar-refractivity contribution in [3.05, 3.63) is 34.9 Å². The van der Waals surface area contributed by atoms with E-state index in [1.165, 1.54) is 24.8 Å². The van der Waals surface area contributed by atoms with E-state index in [0.717, 1.165) is 10.9 Å². The van der Waals surface area contributed by atoms with Gasteiger partial charge in [-0.05, 0) is 36.5 Å². The van der Waals surface area contributed by atoms with Gasteiger partial charge in [-0.25, -0.2) is 0 Å².